The molecule has 1 atom stereocenters. The number of halogens is 1. The molecule has 28 heavy (non-hydrogen) atoms. The second kappa shape index (κ2) is 8.34. The third kappa shape index (κ3) is 4.92. The zero-order valence-corrected chi connectivity index (χ0v) is 17.0. The lowest BCUT2D eigenvalue weighted by Gasteiger charge is -2.27. The van der Waals surface area contributed by atoms with Gasteiger partial charge in [0.05, 0.1) is 17.6 Å². The Morgan fingerprint density at radius 2 is 2.11 bits per heavy atom. The Hall–Kier alpha value is -2.35. The van der Waals surface area contributed by atoms with Gasteiger partial charge in [-0.05, 0) is 32.9 Å². The number of carbonyl (C=O) groups is 2. The number of amides is 2. The fourth-order valence-corrected chi connectivity index (χ4v) is 4.11. The van der Waals surface area contributed by atoms with Gasteiger partial charge in [0, 0.05) is 24.1 Å². The van der Waals surface area contributed by atoms with Gasteiger partial charge in [-0.3, -0.25) is 9.59 Å². The molecule has 2 aromatic rings. The van der Waals surface area contributed by atoms with Gasteiger partial charge in [-0.1, -0.05) is 12.1 Å². The molecule has 150 valence electrons. The smallest absolute Gasteiger partial charge is 0.244 e. The molecule has 1 aliphatic rings. The van der Waals surface area contributed by atoms with Crippen LogP contribution in [0, 0.1) is 5.82 Å². The number of hydrogen-bond donors (Lipinski definition) is 1. The molecule has 0 spiro atoms. The summed E-state index contributed by atoms with van der Waals surface area (Å²) < 4.78 is 19.4. The fraction of sp³-hybridized carbons (Fsp3) is 0.450. The molecule has 0 bridgehead atoms. The molecule has 2 heterocycles. The summed E-state index contributed by atoms with van der Waals surface area (Å²) in [4.78, 5) is 30.8. The zero-order valence-electron chi connectivity index (χ0n) is 16.2. The van der Waals surface area contributed by atoms with Crippen molar-refractivity contribution in [1.82, 2.24) is 15.2 Å². The number of aromatic nitrogens is 1. The van der Waals surface area contributed by atoms with Crippen molar-refractivity contribution < 1.29 is 18.4 Å². The van der Waals surface area contributed by atoms with Crippen molar-refractivity contribution in [3.05, 3.63) is 42.2 Å². The first-order chi connectivity index (χ1) is 13.2. The van der Waals surface area contributed by atoms with Crippen LogP contribution in [0.3, 0.4) is 0 Å². The van der Waals surface area contributed by atoms with Gasteiger partial charge in [-0.15, -0.1) is 11.8 Å². The molecule has 0 radical (unpaired) electrons. The van der Waals surface area contributed by atoms with E-state index in [4.69, 9.17) is 4.42 Å². The Kier molecular flexibility index (Phi) is 6.07. The number of oxazole rings is 1. The third-order valence-electron chi connectivity index (χ3n) is 4.25. The standard InChI is InChI=1S/C20H24FN3O3S/c1-20(2,3)23-19(26)15-11-28-12-24(15)18(25)9-8-17-22-10-16(27-17)13-6-4-5-7-14(13)21/h4-7,10,15H,8-9,11-12H2,1-3H3,(H,23,26). The summed E-state index contributed by atoms with van der Waals surface area (Å²) >= 11 is 1.56. The zero-order chi connectivity index (χ0) is 20.3. The van der Waals surface area contributed by atoms with Crippen LogP contribution >= 0.6 is 11.8 Å². The number of aryl methyl sites for hydroxylation is 1. The number of carbonyl (C=O) groups excluding carboxylic acids is 2. The Morgan fingerprint density at radius 1 is 1.36 bits per heavy atom. The van der Waals surface area contributed by atoms with Gasteiger partial charge < -0.3 is 14.6 Å². The van der Waals surface area contributed by atoms with Gasteiger partial charge in [-0.25, -0.2) is 9.37 Å². The molecule has 1 N–H and O–H groups in total. The van der Waals surface area contributed by atoms with Crippen molar-refractivity contribution in [2.75, 3.05) is 11.6 Å². The Bertz CT molecular complexity index is 862. The lowest BCUT2D eigenvalue weighted by Crippen LogP contribution is -2.52. The third-order valence-corrected chi connectivity index (χ3v) is 5.26. The predicted octanol–water partition coefficient (Wildman–Crippen LogP) is 3.23. The Balaban J connectivity index is 1.60. The molecule has 1 aromatic carbocycles. The summed E-state index contributed by atoms with van der Waals surface area (Å²) in [6.07, 6.45) is 1.93. The molecule has 2 amide bonds. The highest BCUT2D eigenvalue weighted by Gasteiger charge is 2.35. The van der Waals surface area contributed by atoms with E-state index >= 15 is 0 Å². The van der Waals surface area contributed by atoms with Crippen LogP contribution in [-0.4, -0.2) is 44.9 Å². The lowest BCUT2D eigenvalue weighted by molar-refractivity contribution is -0.138. The topological polar surface area (TPSA) is 75.4 Å². The highest BCUT2D eigenvalue weighted by Crippen LogP contribution is 2.25. The SMILES string of the molecule is CC(C)(C)NC(=O)C1CSCN1C(=O)CCc1ncc(-c2ccccc2F)o1. The van der Waals surface area contributed by atoms with E-state index in [1.807, 2.05) is 20.8 Å². The van der Waals surface area contributed by atoms with E-state index < -0.39 is 6.04 Å². The van der Waals surface area contributed by atoms with Crippen LogP contribution in [0.25, 0.3) is 11.3 Å². The van der Waals surface area contributed by atoms with E-state index in [1.165, 1.54) is 12.3 Å². The average Bonchev–Trinajstić information content (AvgIpc) is 3.28. The van der Waals surface area contributed by atoms with E-state index in [0.717, 1.165) is 0 Å². The van der Waals surface area contributed by atoms with Crippen LogP contribution in [0.4, 0.5) is 4.39 Å². The van der Waals surface area contributed by atoms with Crippen molar-refractivity contribution in [2.24, 2.45) is 0 Å². The maximum Gasteiger partial charge on any atom is 0.244 e. The van der Waals surface area contributed by atoms with Crippen LogP contribution in [0.5, 0.6) is 0 Å². The minimum atomic E-state index is -0.463. The summed E-state index contributed by atoms with van der Waals surface area (Å²) in [6.45, 7) is 5.73. The first kappa shape index (κ1) is 20.4. The second-order valence-electron chi connectivity index (χ2n) is 7.72. The average molecular weight is 405 g/mol. The van der Waals surface area contributed by atoms with Crippen LogP contribution < -0.4 is 5.32 Å². The van der Waals surface area contributed by atoms with Crippen LogP contribution in [0.1, 0.15) is 33.1 Å². The van der Waals surface area contributed by atoms with Crippen molar-refractivity contribution in [2.45, 2.75) is 45.2 Å². The van der Waals surface area contributed by atoms with Crippen LogP contribution in [0.2, 0.25) is 0 Å². The van der Waals surface area contributed by atoms with Crippen LogP contribution in [0.15, 0.2) is 34.9 Å². The van der Waals surface area contributed by atoms with Crippen molar-refractivity contribution in [1.29, 1.82) is 0 Å². The van der Waals surface area contributed by atoms with Gasteiger partial charge in [0.1, 0.15) is 11.9 Å². The van der Waals surface area contributed by atoms with Gasteiger partial charge in [0.15, 0.2) is 11.7 Å². The van der Waals surface area contributed by atoms with Gasteiger partial charge in [-0.2, -0.15) is 0 Å². The van der Waals surface area contributed by atoms with E-state index in [1.54, 1.807) is 34.9 Å². The van der Waals surface area contributed by atoms with Gasteiger partial charge in [0.2, 0.25) is 11.8 Å². The summed E-state index contributed by atoms with van der Waals surface area (Å²) in [5, 5.41) is 2.93. The normalized spacial score (nSPS) is 17.0. The summed E-state index contributed by atoms with van der Waals surface area (Å²) in [5.41, 5.74) is -0.0114. The number of hydrogen-bond acceptors (Lipinski definition) is 5. The van der Waals surface area contributed by atoms with E-state index in [-0.39, 0.29) is 29.6 Å². The van der Waals surface area contributed by atoms with E-state index in [2.05, 4.69) is 10.3 Å². The number of nitrogens with zero attached hydrogens (tertiary/aromatic N) is 2. The monoisotopic (exact) mass is 405 g/mol. The molecule has 1 aliphatic heterocycles. The molecule has 1 fully saturated rings. The van der Waals surface area contributed by atoms with Crippen molar-refractivity contribution in [3.8, 4) is 11.3 Å². The Labute approximate surface area is 167 Å². The number of rotatable bonds is 5. The molecule has 3 rings (SSSR count). The predicted molar refractivity (Wildman–Crippen MR) is 106 cm³/mol. The summed E-state index contributed by atoms with van der Waals surface area (Å²) in [5.74, 6) is 1.14. The minimum absolute atomic E-state index is 0.121. The first-order valence-electron chi connectivity index (χ1n) is 9.13. The quantitative estimate of drug-likeness (QED) is 0.827. The number of nitrogens with one attached hydrogen (secondary N) is 1. The van der Waals surface area contributed by atoms with E-state index in [9.17, 15) is 14.0 Å². The molecule has 0 saturated carbocycles. The van der Waals surface area contributed by atoms with Gasteiger partial charge in [0.25, 0.3) is 0 Å². The Morgan fingerprint density at radius 3 is 2.82 bits per heavy atom. The number of benzene rings is 1. The first-order valence-corrected chi connectivity index (χ1v) is 10.3. The second-order valence-corrected chi connectivity index (χ2v) is 8.72. The maximum absolute atomic E-state index is 13.9. The molecule has 8 heteroatoms. The highest BCUT2D eigenvalue weighted by molar-refractivity contribution is 7.99. The fourth-order valence-electron chi connectivity index (χ4n) is 2.93. The molecular formula is C20H24FN3O3S. The van der Waals surface area contributed by atoms with Crippen molar-refractivity contribution in [3.63, 3.8) is 0 Å². The van der Waals surface area contributed by atoms with Crippen molar-refractivity contribution >= 4 is 23.6 Å². The maximum atomic E-state index is 13.9. The molecule has 1 unspecified atom stereocenters. The van der Waals surface area contributed by atoms with Crippen LogP contribution in [-0.2, 0) is 16.0 Å². The molecular weight excluding hydrogens is 381 g/mol. The largest absolute Gasteiger partial charge is 0.441 e. The molecule has 6 nitrogen and oxygen atoms in total. The molecule has 1 saturated heterocycles. The summed E-state index contributed by atoms with van der Waals surface area (Å²) in [6, 6.07) is 5.84. The van der Waals surface area contributed by atoms with Gasteiger partial charge >= 0.3 is 0 Å². The molecule has 0 aliphatic carbocycles. The molecule has 1 aromatic heterocycles. The number of thioether (sulfide) groups is 1. The highest BCUT2D eigenvalue weighted by atomic mass is 32.2. The minimum Gasteiger partial charge on any atom is -0.441 e. The summed E-state index contributed by atoms with van der Waals surface area (Å²) in [7, 11) is 0. The van der Waals surface area contributed by atoms with E-state index in [0.29, 0.717) is 35.3 Å². The lowest BCUT2D eigenvalue weighted by atomic mass is 10.1.